The van der Waals surface area contributed by atoms with E-state index < -0.39 is 0 Å². The lowest BCUT2D eigenvalue weighted by molar-refractivity contribution is 0.156. The number of benzene rings is 2. The number of phenolic OH excluding ortho intramolecular Hbond substituents is 1. The summed E-state index contributed by atoms with van der Waals surface area (Å²) in [6.45, 7) is 4.50. The molecule has 3 nitrogen and oxygen atoms in total. The van der Waals surface area contributed by atoms with E-state index in [9.17, 15) is 5.11 Å². The number of nitrogens with one attached hydrogen (secondary N) is 1. The molecule has 2 fully saturated rings. The van der Waals surface area contributed by atoms with Crippen LogP contribution in [0.4, 0.5) is 0 Å². The molecule has 2 aromatic rings. The lowest BCUT2D eigenvalue weighted by Crippen LogP contribution is -2.45. The second-order valence-corrected chi connectivity index (χ2v) is 6.36. The molecule has 0 unspecified atom stereocenters. The van der Waals surface area contributed by atoms with Crippen molar-refractivity contribution in [1.82, 2.24) is 10.2 Å². The molecule has 3 heteroatoms. The van der Waals surface area contributed by atoms with Crippen LogP contribution in [0.2, 0.25) is 0 Å². The van der Waals surface area contributed by atoms with Crippen LogP contribution in [-0.4, -0.2) is 36.2 Å². The highest BCUT2D eigenvalue weighted by Crippen LogP contribution is 2.45. The van der Waals surface area contributed by atoms with Gasteiger partial charge in [-0.2, -0.15) is 0 Å². The van der Waals surface area contributed by atoms with Crippen LogP contribution < -0.4 is 5.32 Å². The van der Waals surface area contributed by atoms with E-state index in [0.29, 0.717) is 11.8 Å². The van der Waals surface area contributed by atoms with E-state index in [1.165, 1.54) is 23.8 Å². The molecular weight excluding hydrogens is 260 g/mol. The van der Waals surface area contributed by atoms with Gasteiger partial charge in [-0.3, -0.25) is 4.90 Å². The fourth-order valence-corrected chi connectivity index (χ4v) is 3.59. The average Bonchev–Trinajstić information content (AvgIpc) is 3.33. The first-order chi connectivity index (χ1) is 10.3. The molecule has 2 aliphatic rings. The van der Waals surface area contributed by atoms with Crippen LogP contribution in [0.3, 0.4) is 0 Å². The van der Waals surface area contributed by atoms with E-state index in [4.69, 9.17) is 0 Å². The molecule has 4 rings (SSSR count). The summed E-state index contributed by atoms with van der Waals surface area (Å²) in [4.78, 5) is 2.65. The molecule has 110 valence electrons. The summed E-state index contributed by atoms with van der Waals surface area (Å²) < 4.78 is 0. The summed E-state index contributed by atoms with van der Waals surface area (Å²) in [7, 11) is 0. The highest BCUT2D eigenvalue weighted by atomic mass is 16.3. The number of fused-ring (bicyclic) bond motifs is 1. The number of nitrogens with zero attached hydrogens (tertiary/aromatic N) is 1. The van der Waals surface area contributed by atoms with E-state index in [1.807, 2.05) is 12.1 Å². The number of hydrogen-bond donors (Lipinski definition) is 2. The maximum Gasteiger partial charge on any atom is 0.116 e. The summed E-state index contributed by atoms with van der Waals surface area (Å²) in [6.07, 6.45) is 2.73. The Balaban J connectivity index is 1.70. The van der Waals surface area contributed by atoms with E-state index in [1.54, 1.807) is 6.07 Å². The predicted molar refractivity (Wildman–Crippen MR) is 85.5 cm³/mol. The Morgan fingerprint density at radius 2 is 1.71 bits per heavy atom. The molecule has 1 heterocycles. The summed E-state index contributed by atoms with van der Waals surface area (Å²) in [5.74, 6) is 1.17. The van der Waals surface area contributed by atoms with Gasteiger partial charge < -0.3 is 10.4 Å². The fraction of sp³-hybridized carbons (Fsp3) is 0.444. The topological polar surface area (TPSA) is 35.5 Å². The largest absolute Gasteiger partial charge is 0.508 e. The van der Waals surface area contributed by atoms with E-state index in [0.717, 1.165) is 37.5 Å². The zero-order valence-corrected chi connectivity index (χ0v) is 12.3. The second kappa shape index (κ2) is 5.32. The van der Waals surface area contributed by atoms with Gasteiger partial charge in [0, 0.05) is 32.2 Å². The fourth-order valence-electron chi connectivity index (χ4n) is 3.59. The number of aromatic hydroxyl groups is 1. The van der Waals surface area contributed by atoms with Gasteiger partial charge in [-0.1, -0.05) is 18.2 Å². The highest BCUT2D eigenvalue weighted by Gasteiger charge is 2.36. The van der Waals surface area contributed by atoms with Crippen LogP contribution in [0.5, 0.6) is 5.75 Å². The number of piperazine rings is 1. The van der Waals surface area contributed by atoms with Crippen molar-refractivity contribution < 1.29 is 5.11 Å². The third-order valence-corrected chi connectivity index (χ3v) is 4.80. The molecule has 0 aromatic heterocycles. The Kier molecular flexibility index (Phi) is 3.32. The third-order valence-electron chi connectivity index (χ3n) is 4.80. The summed E-state index contributed by atoms with van der Waals surface area (Å²) in [5.41, 5.74) is 1.44. The van der Waals surface area contributed by atoms with Crippen molar-refractivity contribution in [3.8, 4) is 5.75 Å². The zero-order valence-electron chi connectivity index (χ0n) is 12.3. The standard InChI is InChI=1S/C18H22N2O/c21-17-6-5-14-11-16(4-3-15(14)12-17)18(13-1-2-13)20-9-7-19-8-10-20/h3-6,11-13,18-19,21H,1-2,7-10H2/t18-/m0/s1. The van der Waals surface area contributed by atoms with Crippen LogP contribution in [0.25, 0.3) is 10.8 Å². The lowest BCUT2D eigenvalue weighted by Gasteiger charge is -2.35. The van der Waals surface area contributed by atoms with Crippen LogP contribution in [0, 0.1) is 5.92 Å². The molecular formula is C18H22N2O. The summed E-state index contributed by atoms with van der Waals surface area (Å²) in [6, 6.07) is 13.0. The normalized spacial score (nSPS) is 21.5. The second-order valence-electron chi connectivity index (χ2n) is 6.36. The van der Waals surface area contributed by atoms with Crippen LogP contribution >= 0.6 is 0 Å². The molecule has 1 saturated heterocycles. The molecule has 0 radical (unpaired) electrons. The first-order valence-corrected chi connectivity index (χ1v) is 7.99. The SMILES string of the molecule is Oc1ccc2cc([C@H](C3CC3)N3CCNCC3)ccc2c1. The van der Waals surface area contributed by atoms with Gasteiger partial charge in [0.25, 0.3) is 0 Å². The van der Waals surface area contributed by atoms with Gasteiger partial charge in [0.2, 0.25) is 0 Å². The van der Waals surface area contributed by atoms with Gasteiger partial charge in [-0.05, 0) is 53.3 Å². The summed E-state index contributed by atoms with van der Waals surface area (Å²) in [5, 5.41) is 15.4. The van der Waals surface area contributed by atoms with Gasteiger partial charge in [0.15, 0.2) is 0 Å². The molecule has 0 amide bonds. The maximum atomic E-state index is 9.60. The number of rotatable bonds is 3. The smallest absolute Gasteiger partial charge is 0.116 e. The zero-order chi connectivity index (χ0) is 14.2. The van der Waals surface area contributed by atoms with Gasteiger partial charge in [-0.25, -0.2) is 0 Å². The molecule has 1 aliphatic carbocycles. The molecule has 0 bridgehead atoms. The van der Waals surface area contributed by atoms with Crippen molar-refractivity contribution in [3.63, 3.8) is 0 Å². The van der Waals surface area contributed by atoms with Gasteiger partial charge >= 0.3 is 0 Å². The van der Waals surface area contributed by atoms with Crippen LogP contribution in [0.1, 0.15) is 24.4 Å². The van der Waals surface area contributed by atoms with Crippen molar-refractivity contribution in [2.24, 2.45) is 5.92 Å². The first kappa shape index (κ1) is 13.1. The first-order valence-electron chi connectivity index (χ1n) is 7.99. The van der Waals surface area contributed by atoms with Crippen LogP contribution in [0.15, 0.2) is 36.4 Å². The predicted octanol–water partition coefficient (Wildman–Crippen LogP) is 2.90. The molecule has 2 aromatic carbocycles. The quantitative estimate of drug-likeness (QED) is 0.908. The molecule has 1 saturated carbocycles. The van der Waals surface area contributed by atoms with Crippen molar-refractivity contribution in [2.45, 2.75) is 18.9 Å². The Labute approximate surface area is 125 Å². The Morgan fingerprint density at radius 3 is 2.48 bits per heavy atom. The minimum atomic E-state index is 0.344. The maximum absolute atomic E-state index is 9.60. The monoisotopic (exact) mass is 282 g/mol. The molecule has 1 atom stereocenters. The van der Waals surface area contributed by atoms with Crippen molar-refractivity contribution in [1.29, 1.82) is 0 Å². The average molecular weight is 282 g/mol. The van der Waals surface area contributed by atoms with Crippen molar-refractivity contribution in [2.75, 3.05) is 26.2 Å². The molecule has 0 spiro atoms. The molecule has 21 heavy (non-hydrogen) atoms. The van der Waals surface area contributed by atoms with Gasteiger partial charge in [0.05, 0.1) is 0 Å². The molecule has 1 aliphatic heterocycles. The van der Waals surface area contributed by atoms with Crippen molar-refractivity contribution >= 4 is 10.8 Å². The summed E-state index contributed by atoms with van der Waals surface area (Å²) >= 11 is 0. The van der Waals surface area contributed by atoms with E-state index in [-0.39, 0.29) is 0 Å². The third kappa shape index (κ3) is 2.63. The minimum Gasteiger partial charge on any atom is -0.508 e. The number of hydrogen-bond acceptors (Lipinski definition) is 3. The van der Waals surface area contributed by atoms with Gasteiger partial charge in [0.1, 0.15) is 5.75 Å². The Morgan fingerprint density at radius 1 is 1.00 bits per heavy atom. The van der Waals surface area contributed by atoms with Crippen LogP contribution in [-0.2, 0) is 0 Å². The highest BCUT2D eigenvalue weighted by molar-refractivity contribution is 5.84. The van der Waals surface area contributed by atoms with Crippen molar-refractivity contribution in [3.05, 3.63) is 42.0 Å². The van der Waals surface area contributed by atoms with Gasteiger partial charge in [-0.15, -0.1) is 0 Å². The Bertz CT molecular complexity index is 645. The van der Waals surface area contributed by atoms with E-state index in [2.05, 4.69) is 28.4 Å². The molecule has 2 N–H and O–H groups in total. The lowest BCUT2D eigenvalue weighted by atomic mass is 9.96. The minimum absolute atomic E-state index is 0.344. The Hall–Kier alpha value is -1.58. The van der Waals surface area contributed by atoms with E-state index >= 15 is 0 Å². The number of phenols is 1.